The van der Waals surface area contributed by atoms with E-state index in [-0.39, 0.29) is 0 Å². The third-order valence-electron chi connectivity index (χ3n) is 3.32. The van der Waals surface area contributed by atoms with Crippen LogP contribution >= 0.6 is 0 Å². The lowest BCUT2D eigenvalue weighted by Crippen LogP contribution is -2.24. The largest absolute Gasteiger partial charge is 0.478 e. The summed E-state index contributed by atoms with van der Waals surface area (Å²) >= 11 is 0. The number of nitrogens with zero attached hydrogens (tertiary/aromatic N) is 1. The number of hydrogen-bond donors (Lipinski definition) is 1. The molecular formula is C17H19NO2. The van der Waals surface area contributed by atoms with Gasteiger partial charge in [-0.25, -0.2) is 4.79 Å². The first kappa shape index (κ1) is 14.1. The van der Waals surface area contributed by atoms with E-state index >= 15 is 0 Å². The molecule has 0 spiro atoms. The van der Waals surface area contributed by atoms with E-state index < -0.39 is 5.97 Å². The summed E-state index contributed by atoms with van der Waals surface area (Å²) in [6, 6.07) is 11.2. The van der Waals surface area contributed by atoms with Crippen LogP contribution < -0.4 is 4.90 Å². The molecule has 0 saturated heterocycles. The van der Waals surface area contributed by atoms with Gasteiger partial charge < -0.3 is 10.0 Å². The zero-order chi connectivity index (χ0) is 14.5. The predicted molar refractivity (Wildman–Crippen MR) is 83.6 cm³/mol. The minimum atomic E-state index is -0.890. The van der Waals surface area contributed by atoms with Crippen LogP contribution in [0.15, 0.2) is 49.1 Å². The average molecular weight is 269 g/mol. The summed E-state index contributed by atoms with van der Waals surface area (Å²) in [5, 5.41) is 11.0. The zero-order valence-electron chi connectivity index (χ0n) is 11.7. The number of rotatable bonds is 6. The highest BCUT2D eigenvalue weighted by Gasteiger charge is 2.13. The molecule has 20 heavy (non-hydrogen) atoms. The Morgan fingerprint density at radius 1 is 1.25 bits per heavy atom. The van der Waals surface area contributed by atoms with Crippen LogP contribution in [0.2, 0.25) is 0 Å². The van der Waals surface area contributed by atoms with Gasteiger partial charge in [-0.05, 0) is 23.9 Å². The van der Waals surface area contributed by atoms with Gasteiger partial charge in [0.2, 0.25) is 0 Å². The molecule has 2 rings (SSSR count). The Labute approximate surface area is 119 Å². The molecule has 0 fully saturated rings. The fourth-order valence-corrected chi connectivity index (χ4v) is 2.48. The first-order chi connectivity index (χ1) is 9.69. The van der Waals surface area contributed by atoms with Crippen molar-refractivity contribution in [3.63, 3.8) is 0 Å². The summed E-state index contributed by atoms with van der Waals surface area (Å²) in [6.07, 6.45) is 2.90. The molecule has 1 N–H and O–H groups in total. The summed E-state index contributed by atoms with van der Waals surface area (Å²) in [5.41, 5.74) is 1.41. The number of fused-ring (bicyclic) bond motifs is 1. The molecule has 0 heterocycles. The monoisotopic (exact) mass is 269 g/mol. The van der Waals surface area contributed by atoms with Crippen molar-refractivity contribution < 1.29 is 9.90 Å². The molecule has 2 aromatic carbocycles. The molecule has 3 nitrogen and oxygen atoms in total. The fraction of sp³-hybridized carbons (Fsp3) is 0.235. The third kappa shape index (κ3) is 2.67. The molecule has 2 aromatic rings. The van der Waals surface area contributed by atoms with Gasteiger partial charge in [0, 0.05) is 24.2 Å². The van der Waals surface area contributed by atoms with Gasteiger partial charge in [0.05, 0.1) is 5.56 Å². The van der Waals surface area contributed by atoms with Crippen LogP contribution in [0.5, 0.6) is 0 Å². The molecule has 0 aliphatic rings. The Morgan fingerprint density at radius 3 is 2.55 bits per heavy atom. The molecule has 0 amide bonds. The van der Waals surface area contributed by atoms with Gasteiger partial charge in [-0.2, -0.15) is 0 Å². The third-order valence-corrected chi connectivity index (χ3v) is 3.32. The predicted octanol–water partition coefficient (Wildman–Crippen LogP) is 3.94. The van der Waals surface area contributed by atoms with Gasteiger partial charge >= 0.3 is 5.97 Å². The Bertz CT molecular complexity index is 634. The van der Waals surface area contributed by atoms with E-state index in [1.807, 2.05) is 36.4 Å². The van der Waals surface area contributed by atoms with Crippen molar-refractivity contribution in [1.82, 2.24) is 0 Å². The van der Waals surface area contributed by atoms with Gasteiger partial charge in [-0.1, -0.05) is 37.3 Å². The van der Waals surface area contributed by atoms with Crippen LogP contribution in [0.1, 0.15) is 23.7 Å². The van der Waals surface area contributed by atoms with Crippen molar-refractivity contribution >= 4 is 22.4 Å². The first-order valence-corrected chi connectivity index (χ1v) is 6.80. The Hall–Kier alpha value is -2.29. The second-order valence-electron chi connectivity index (χ2n) is 4.72. The zero-order valence-corrected chi connectivity index (χ0v) is 11.7. The van der Waals surface area contributed by atoms with E-state index in [0.717, 1.165) is 36.0 Å². The van der Waals surface area contributed by atoms with Gasteiger partial charge in [-0.15, -0.1) is 6.58 Å². The van der Waals surface area contributed by atoms with Crippen molar-refractivity contribution in [2.24, 2.45) is 0 Å². The number of carbonyl (C=O) groups is 1. The van der Waals surface area contributed by atoms with Crippen LogP contribution in [0, 0.1) is 0 Å². The molecule has 0 aromatic heterocycles. The molecule has 0 saturated carbocycles. The summed E-state index contributed by atoms with van der Waals surface area (Å²) < 4.78 is 0. The standard InChI is InChI=1S/C17H19NO2/c1-3-11-18(12-4-2)16-10-9-15(17(19)20)13-7-5-6-8-14(13)16/h3,5-10H,1,4,11-12H2,2H3,(H,19,20). The molecule has 104 valence electrons. The first-order valence-electron chi connectivity index (χ1n) is 6.80. The number of benzene rings is 2. The fourth-order valence-electron chi connectivity index (χ4n) is 2.48. The van der Waals surface area contributed by atoms with Crippen molar-refractivity contribution in [3.05, 3.63) is 54.6 Å². The highest BCUT2D eigenvalue weighted by Crippen LogP contribution is 2.29. The lowest BCUT2D eigenvalue weighted by molar-refractivity contribution is 0.0699. The van der Waals surface area contributed by atoms with Gasteiger partial charge in [0.1, 0.15) is 0 Å². The Kier molecular flexibility index (Phi) is 4.41. The van der Waals surface area contributed by atoms with E-state index in [1.54, 1.807) is 6.07 Å². The summed E-state index contributed by atoms with van der Waals surface area (Å²) in [6.45, 7) is 7.60. The van der Waals surface area contributed by atoms with E-state index in [2.05, 4.69) is 18.4 Å². The van der Waals surface area contributed by atoms with Crippen molar-refractivity contribution in [1.29, 1.82) is 0 Å². The van der Waals surface area contributed by atoms with Crippen LogP contribution in [-0.2, 0) is 0 Å². The summed E-state index contributed by atoms with van der Waals surface area (Å²) in [5.74, 6) is -0.890. The maximum Gasteiger partial charge on any atom is 0.336 e. The number of carboxylic acid groups (broad SMARTS) is 1. The number of carboxylic acids is 1. The smallest absolute Gasteiger partial charge is 0.336 e. The molecule has 0 bridgehead atoms. The van der Waals surface area contributed by atoms with E-state index in [1.165, 1.54) is 0 Å². The van der Waals surface area contributed by atoms with Gasteiger partial charge in [0.15, 0.2) is 0 Å². The minimum absolute atomic E-state index is 0.347. The highest BCUT2D eigenvalue weighted by molar-refractivity contribution is 6.07. The van der Waals surface area contributed by atoms with E-state index in [9.17, 15) is 9.90 Å². The number of hydrogen-bond acceptors (Lipinski definition) is 2. The normalized spacial score (nSPS) is 10.4. The van der Waals surface area contributed by atoms with E-state index in [0.29, 0.717) is 5.56 Å². The summed E-state index contributed by atoms with van der Waals surface area (Å²) in [4.78, 5) is 13.5. The average Bonchev–Trinajstić information content (AvgIpc) is 2.45. The minimum Gasteiger partial charge on any atom is -0.478 e. The quantitative estimate of drug-likeness (QED) is 0.807. The molecule has 0 aliphatic carbocycles. The van der Waals surface area contributed by atoms with Crippen LogP contribution in [0.25, 0.3) is 10.8 Å². The number of anilines is 1. The maximum absolute atomic E-state index is 11.3. The molecule has 0 atom stereocenters. The summed E-state index contributed by atoms with van der Waals surface area (Å²) in [7, 11) is 0. The lowest BCUT2D eigenvalue weighted by Gasteiger charge is -2.24. The van der Waals surface area contributed by atoms with Crippen LogP contribution in [0.3, 0.4) is 0 Å². The molecular weight excluding hydrogens is 250 g/mol. The second-order valence-corrected chi connectivity index (χ2v) is 4.72. The second kappa shape index (κ2) is 6.24. The van der Waals surface area contributed by atoms with Crippen molar-refractivity contribution in [2.45, 2.75) is 13.3 Å². The molecule has 3 heteroatoms. The topological polar surface area (TPSA) is 40.5 Å². The molecule has 0 unspecified atom stereocenters. The Morgan fingerprint density at radius 2 is 1.95 bits per heavy atom. The van der Waals surface area contributed by atoms with Gasteiger partial charge in [-0.3, -0.25) is 0 Å². The lowest BCUT2D eigenvalue weighted by atomic mass is 10.0. The van der Waals surface area contributed by atoms with Crippen molar-refractivity contribution in [3.8, 4) is 0 Å². The maximum atomic E-state index is 11.3. The molecule has 0 radical (unpaired) electrons. The SMILES string of the molecule is C=CCN(CCC)c1ccc(C(=O)O)c2ccccc12. The van der Waals surface area contributed by atoms with Crippen LogP contribution in [0.4, 0.5) is 5.69 Å². The van der Waals surface area contributed by atoms with Gasteiger partial charge in [0.25, 0.3) is 0 Å². The van der Waals surface area contributed by atoms with Crippen molar-refractivity contribution in [2.75, 3.05) is 18.0 Å². The van der Waals surface area contributed by atoms with E-state index in [4.69, 9.17) is 0 Å². The number of aromatic carboxylic acids is 1. The highest BCUT2D eigenvalue weighted by atomic mass is 16.4. The molecule has 0 aliphatic heterocycles. The van der Waals surface area contributed by atoms with Crippen LogP contribution in [-0.4, -0.2) is 24.2 Å². The Balaban J connectivity index is 2.62.